The minimum Gasteiger partial charge on any atom is -0.369 e. The second kappa shape index (κ2) is 3.17. The average Bonchev–Trinajstić information content (AvgIpc) is 1.94. The molecule has 5 N–H and O–H groups in total. The summed E-state index contributed by atoms with van der Waals surface area (Å²) in [5.74, 6) is -1.04. The number of hydrogen-bond acceptors (Lipinski definition) is 5. The molecule has 1 unspecified atom stereocenters. The third-order valence-corrected chi connectivity index (χ3v) is 1.48. The molecular formula is C6H14N4O. The van der Waals surface area contributed by atoms with E-state index < -0.39 is 5.85 Å². The van der Waals surface area contributed by atoms with Crippen molar-refractivity contribution >= 4 is 5.84 Å². The number of nitrogens with zero attached hydrogens (tertiary/aromatic N) is 1. The first-order valence-electron chi connectivity index (χ1n) is 3.72. The highest BCUT2D eigenvalue weighted by molar-refractivity contribution is 5.89. The first-order valence-corrected chi connectivity index (χ1v) is 3.72. The van der Waals surface area contributed by atoms with Crippen LogP contribution in [0.15, 0.2) is 4.99 Å². The Bertz CT molecular complexity index is 166. The zero-order chi connectivity index (χ0) is 8.32. The molecule has 1 rings (SSSR count). The van der Waals surface area contributed by atoms with E-state index in [-0.39, 0.29) is 0 Å². The van der Waals surface area contributed by atoms with E-state index >= 15 is 0 Å². The average molecular weight is 158 g/mol. The highest BCUT2D eigenvalue weighted by Gasteiger charge is 2.29. The predicted octanol–water partition coefficient (Wildman–Crippen LogP) is -1.80. The lowest BCUT2D eigenvalue weighted by Crippen LogP contribution is -2.66. The van der Waals surface area contributed by atoms with Crippen LogP contribution in [0.3, 0.4) is 0 Å². The summed E-state index contributed by atoms with van der Waals surface area (Å²) in [4.78, 5) is 4.04. The van der Waals surface area contributed by atoms with Crippen molar-refractivity contribution in [3.63, 3.8) is 0 Å². The van der Waals surface area contributed by atoms with Gasteiger partial charge in [-0.2, -0.15) is 0 Å². The molecule has 1 atom stereocenters. The predicted molar refractivity (Wildman–Crippen MR) is 43.1 cm³/mol. The Morgan fingerprint density at radius 2 is 2.64 bits per heavy atom. The van der Waals surface area contributed by atoms with Gasteiger partial charge in [-0.15, -0.1) is 0 Å². The Morgan fingerprint density at radius 1 is 1.91 bits per heavy atom. The molecule has 0 aromatic carbocycles. The Hall–Kier alpha value is -0.650. The van der Waals surface area contributed by atoms with Crippen LogP contribution in [-0.2, 0) is 0 Å². The van der Waals surface area contributed by atoms with E-state index in [9.17, 15) is 5.11 Å². The number of amidine groups is 1. The van der Waals surface area contributed by atoms with Crippen molar-refractivity contribution in [2.45, 2.75) is 12.8 Å². The maximum absolute atomic E-state index is 9.44. The maximum Gasteiger partial charge on any atom is 0.230 e. The van der Waals surface area contributed by atoms with Gasteiger partial charge in [0.2, 0.25) is 5.85 Å². The van der Waals surface area contributed by atoms with Crippen molar-refractivity contribution in [3.8, 4) is 0 Å². The summed E-state index contributed by atoms with van der Waals surface area (Å²) < 4.78 is 0. The lowest BCUT2D eigenvalue weighted by molar-refractivity contribution is 0.0743. The third kappa shape index (κ3) is 1.89. The van der Waals surface area contributed by atoms with Crippen molar-refractivity contribution in [1.82, 2.24) is 10.6 Å². The molecule has 0 bridgehead atoms. The minimum absolute atomic E-state index is 0.422. The van der Waals surface area contributed by atoms with Crippen LogP contribution in [0.25, 0.3) is 0 Å². The first-order chi connectivity index (χ1) is 5.17. The molecule has 11 heavy (non-hydrogen) atoms. The van der Waals surface area contributed by atoms with E-state index in [1.54, 1.807) is 0 Å². The Morgan fingerprint density at radius 3 is 3.18 bits per heavy atom. The summed E-state index contributed by atoms with van der Waals surface area (Å²) >= 11 is 0. The monoisotopic (exact) mass is 158 g/mol. The summed E-state index contributed by atoms with van der Waals surface area (Å²) in [6.07, 6.45) is 0. The molecule has 0 aliphatic carbocycles. The van der Waals surface area contributed by atoms with E-state index in [0.717, 1.165) is 0 Å². The summed E-state index contributed by atoms with van der Waals surface area (Å²) in [5.41, 5.74) is 5.46. The van der Waals surface area contributed by atoms with Crippen molar-refractivity contribution in [1.29, 1.82) is 0 Å². The molecule has 0 aromatic rings. The van der Waals surface area contributed by atoms with E-state index in [1.165, 1.54) is 0 Å². The van der Waals surface area contributed by atoms with Crippen LogP contribution in [-0.4, -0.2) is 36.4 Å². The molecule has 64 valence electrons. The summed E-state index contributed by atoms with van der Waals surface area (Å²) in [6.45, 7) is 3.90. The van der Waals surface area contributed by atoms with Gasteiger partial charge in [0.25, 0.3) is 0 Å². The molecule has 5 nitrogen and oxygen atoms in total. The van der Waals surface area contributed by atoms with Crippen LogP contribution < -0.4 is 16.4 Å². The summed E-state index contributed by atoms with van der Waals surface area (Å²) in [6, 6.07) is 0. The lowest BCUT2D eigenvalue weighted by atomic mass is 10.3. The van der Waals surface area contributed by atoms with Crippen LogP contribution >= 0.6 is 0 Å². The van der Waals surface area contributed by atoms with E-state index in [4.69, 9.17) is 5.73 Å². The van der Waals surface area contributed by atoms with Gasteiger partial charge in [0.15, 0.2) is 5.84 Å². The Balaban J connectivity index is 2.64. The molecule has 1 aliphatic heterocycles. The molecule has 0 spiro atoms. The molecule has 0 aromatic heterocycles. The van der Waals surface area contributed by atoms with Crippen LogP contribution in [0.4, 0.5) is 0 Å². The molecule has 0 amide bonds. The van der Waals surface area contributed by atoms with Crippen molar-refractivity contribution in [2.75, 3.05) is 19.6 Å². The number of nitrogens with two attached hydrogens (primary N) is 1. The molecule has 5 heteroatoms. The van der Waals surface area contributed by atoms with Crippen molar-refractivity contribution < 1.29 is 5.11 Å². The molecular weight excluding hydrogens is 144 g/mol. The van der Waals surface area contributed by atoms with Crippen LogP contribution in [0.1, 0.15) is 6.92 Å². The van der Waals surface area contributed by atoms with Gasteiger partial charge in [-0.25, -0.2) is 0 Å². The van der Waals surface area contributed by atoms with Gasteiger partial charge in [-0.05, 0) is 6.92 Å². The fraction of sp³-hybridized carbons (Fsp3) is 0.833. The third-order valence-electron chi connectivity index (χ3n) is 1.48. The van der Waals surface area contributed by atoms with Crippen molar-refractivity contribution in [2.24, 2.45) is 10.7 Å². The van der Waals surface area contributed by atoms with Gasteiger partial charge in [0.05, 0.1) is 6.54 Å². The zero-order valence-electron chi connectivity index (χ0n) is 6.59. The Kier molecular flexibility index (Phi) is 2.43. The zero-order valence-corrected chi connectivity index (χ0v) is 6.59. The highest BCUT2D eigenvalue weighted by Crippen LogP contribution is 1.96. The van der Waals surface area contributed by atoms with Crippen molar-refractivity contribution in [3.05, 3.63) is 0 Å². The standard InChI is InChI=1S/C6H14N4O/c1-2-8-5-6(7,11)10-4-3-9-5/h10-11H,2-4,7H2,1H3,(H,8,9). The smallest absolute Gasteiger partial charge is 0.230 e. The summed E-state index contributed by atoms with van der Waals surface area (Å²) in [5, 5.41) is 15.1. The van der Waals surface area contributed by atoms with Gasteiger partial charge in [0, 0.05) is 13.1 Å². The van der Waals surface area contributed by atoms with Gasteiger partial charge < -0.3 is 10.4 Å². The number of rotatable bonds is 1. The summed E-state index contributed by atoms with van der Waals surface area (Å²) in [7, 11) is 0. The normalized spacial score (nSPS) is 31.4. The molecule has 0 saturated carbocycles. The Labute approximate surface area is 65.7 Å². The second-order valence-corrected chi connectivity index (χ2v) is 2.45. The number of nitrogens with one attached hydrogen (secondary N) is 2. The number of aliphatic imine (C=N–C) groups is 1. The molecule has 0 fully saturated rings. The lowest BCUT2D eigenvalue weighted by Gasteiger charge is -2.29. The van der Waals surface area contributed by atoms with E-state index in [2.05, 4.69) is 15.6 Å². The van der Waals surface area contributed by atoms with Gasteiger partial charge >= 0.3 is 0 Å². The fourth-order valence-electron chi connectivity index (χ4n) is 0.977. The van der Waals surface area contributed by atoms with E-state index in [0.29, 0.717) is 25.5 Å². The minimum atomic E-state index is -1.46. The molecule has 0 saturated heterocycles. The van der Waals surface area contributed by atoms with Gasteiger partial charge in [-0.1, -0.05) is 0 Å². The van der Waals surface area contributed by atoms with Crippen LogP contribution in [0, 0.1) is 0 Å². The topological polar surface area (TPSA) is 82.7 Å². The van der Waals surface area contributed by atoms with Gasteiger partial charge in [0.1, 0.15) is 0 Å². The quantitative estimate of drug-likeness (QED) is 0.339. The SMILES string of the molecule is CCNC1=NCCNC1(N)O. The number of likely N-dealkylation sites (N-methyl/N-ethyl adjacent to an activating group) is 1. The first kappa shape index (κ1) is 8.45. The maximum atomic E-state index is 9.44. The highest BCUT2D eigenvalue weighted by atomic mass is 16.3. The molecule has 1 aliphatic rings. The number of aliphatic hydroxyl groups is 1. The second-order valence-electron chi connectivity index (χ2n) is 2.45. The fourth-order valence-corrected chi connectivity index (χ4v) is 0.977. The number of hydrogen-bond donors (Lipinski definition) is 4. The molecule has 1 heterocycles. The molecule has 0 radical (unpaired) electrons. The van der Waals surface area contributed by atoms with Gasteiger partial charge in [-0.3, -0.25) is 16.0 Å². The van der Waals surface area contributed by atoms with Crippen LogP contribution in [0.2, 0.25) is 0 Å². The largest absolute Gasteiger partial charge is 0.369 e. The van der Waals surface area contributed by atoms with E-state index in [1.807, 2.05) is 6.92 Å². The van der Waals surface area contributed by atoms with Crippen LogP contribution in [0.5, 0.6) is 0 Å².